The highest BCUT2D eigenvalue weighted by Crippen LogP contribution is 2.61. The number of anilines is 2. The van der Waals surface area contributed by atoms with Crippen LogP contribution in [0.1, 0.15) is 73.9 Å². The number of rotatable bonds is 10. The van der Waals surface area contributed by atoms with E-state index in [1.54, 1.807) is 0 Å². The topological polar surface area (TPSA) is 3.24 Å². The molecule has 0 radical (unpaired) electrons. The second-order valence-corrected chi connectivity index (χ2v) is 19.8. The Labute approximate surface area is 400 Å². The van der Waals surface area contributed by atoms with Crippen LogP contribution < -0.4 is 4.90 Å². The van der Waals surface area contributed by atoms with Crippen LogP contribution in [0.3, 0.4) is 0 Å². The van der Waals surface area contributed by atoms with Gasteiger partial charge in [0.15, 0.2) is 0 Å². The van der Waals surface area contributed by atoms with Gasteiger partial charge in [-0.25, -0.2) is 0 Å². The molecule has 2 heteroatoms. The van der Waals surface area contributed by atoms with E-state index in [2.05, 4.69) is 247 Å². The van der Waals surface area contributed by atoms with Crippen molar-refractivity contribution in [2.24, 2.45) is 5.92 Å². The van der Waals surface area contributed by atoms with Crippen molar-refractivity contribution >= 4 is 59.2 Å². The molecule has 0 saturated carbocycles. The third kappa shape index (κ3) is 6.34. The maximum atomic E-state index is 4.27. The van der Waals surface area contributed by atoms with Gasteiger partial charge in [-0.1, -0.05) is 216 Å². The minimum absolute atomic E-state index is 0.122. The zero-order chi connectivity index (χ0) is 46.0. The largest absolute Gasteiger partial charge is 0.310 e. The van der Waals surface area contributed by atoms with E-state index in [1.165, 1.54) is 92.3 Å². The van der Waals surface area contributed by atoms with E-state index in [1.807, 2.05) is 23.5 Å². The average molecular weight is 882 g/mol. The van der Waals surface area contributed by atoms with Gasteiger partial charge < -0.3 is 4.90 Å². The molecular formula is C65H55NS. The Kier molecular flexibility index (Phi) is 10.5. The monoisotopic (exact) mass is 881 g/mol. The van der Waals surface area contributed by atoms with E-state index in [0.29, 0.717) is 5.92 Å². The number of nitrogens with zero attached hydrogens (tertiary/aromatic N) is 1. The SMILES string of the molecule is C=C/C=C(\C=C/C)c1ccc(N(C2=CC(C)C3C(=C2)C(C)(C)c2ccccc23)c2ccc3c(c2)-c2c(ccc4c2sc2ccccc24)C3(C(/C=C\C)=C/C=C)c2ccccc2)c2ccccc12. The van der Waals surface area contributed by atoms with E-state index in [9.17, 15) is 0 Å². The van der Waals surface area contributed by atoms with Gasteiger partial charge in [0, 0.05) is 53.8 Å². The molecule has 3 aliphatic carbocycles. The van der Waals surface area contributed by atoms with E-state index >= 15 is 0 Å². The van der Waals surface area contributed by atoms with Crippen LogP contribution in [0, 0.1) is 5.92 Å². The molecule has 3 aliphatic rings. The number of hydrogen-bond acceptors (Lipinski definition) is 2. The summed E-state index contributed by atoms with van der Waals surface area (Å²) in [4.78, 5) is 2.57. The molecule has 0 saturated heterocycles. The van der Waals surface area contributed by atoms with Gasteiger partial charge in [0.25, 0.3) is 0 Å². The third-order valence-corrected chi connectivity index (χ3v) is 16.0. The Morgan fingerprint density at radius 1 is 0.657 bits per heavy atom. The van der Waals surface area contributed by atoms with Crippen LogP contribution in [-0.4, -0.2) is 0 Å². The minimum atomic E-state index is -0.594. The van der Waals surface area contributed by atoms with Crippen molar-refractivity contribution < 1.29 is 0 Å². The third-order valence-electron chi connectivity index (χ3n) is 14.8. The Hall–Kier alpha value is -7.26. The fraction of sp³-hybridized carbons (Fsp3) is 0.138. The highest BCUT2D eigenvalue weighted by Gasteiger charge is 2.49. The second kappa shape index (κ2) is 16.6. The van der Waals surface area contributed by atoms with Gasteiger partial charge in [-0.3, -0.25) is 0 Å². The lowest BCUT2D eigenvalue weighted by Crippen LogP contribution is -2.29. The molecule has 3 unspecified atom stereocenters. The predicted octanol–water partition coefficient (Wildman–Crippen LogP) is 18.0. The van der Waals surface area contributed by atoms with Crippen LogP contribution >= 0.6 is 11.3 Å². The van der Waals surface area contributed by atoms with E-state index in [0.717, 1.165) is 16.9 Å². The Balaban J connectivity index is 1.24. The fourth-order valence-electron chi connectivity index (χ4n) is 12.1. The standard InChI is InChI=1S/C65H55NS/c1-8-21-43(22-9-2)48-35-38-59(50-28-16-15-27-49(48)50)66(47-39-42(5)61-53-30-17-19-31-55(53)64(6,7)58(61)41-47)46-33-36-56-54(40-46)62-57(37-34-52-51-29-18-20-32-60(51)67-63(52)62)65(56,44(23-10-3)24-11-4)45-25-13-12-14-26-45/h8-42,61H,1,3H2,2,4-7H3/b22-9-,24-11-,43-21+,44-23+. The van der Waals surface area contributed by atoms with Crippen molar-refractivity contribution in [1.82, 2.24) is 0 Å². The summed E-state index contributed by atoms with van der Waals surface area (Å²) in [6.07, 6.45) is 22.0. The normalized spacial score (nSPS) is 19.7. The van der Waals surface area contributed by atoms with Crippen molar-refractivity contribution in [2.75, 3.05) is 4.90 Å². The van der Waals surface area contributed by atoms with Crippen LogP contribution in [0.2, 0.25) is 0 Å². The van der Waals surface area contributed by atoms with Gasteiger partial charge >= 0.3 is 0 Å². The highest BCUT2D eigenvalue weighted by molar-refractivity contribution is 7.26. The van der Waals surface area contributed by atoms with Gasteiger partial charge in [-0.05, 0) is 106 Å². The Morgan fingerprint density at radius 2 is 1.36 bits per heavy atom. The molecular weight excluding hydrogens is 827 g/mol. The first kappa shape index (κ1) is 42.4. The van der Waals surface area contributed by atoms with Crippen LogP contribution in [-0.2, 0) is 10.8 Å². The van der Waals surface area contributed by atoms with Crippen LogP contribution in [0.5, 0.6) is 0 Å². The molecule has 0 aliphatic heterocycles. The van der Waals surface area contributed by atoms with Gasteiger partial charge in [0.05, 0.1) is 11.1 Å². The lowest BCUT2D eigenvalue weighted by Gasteiger charge is -2.37. The first-order chi connectivity index (χ1) is 32.8. The number of thiophene rings is 1. The summed E-state index contributed by atoms with van der Waals surface area (Å²) < 4.78 is 2.62. The van der Waals surface area contributed by atoms with E-state index in [-0.39, 0.29) is 11.3 Å². The summed E-state index contributed by atoms with van der Waals surface area (Å²) in [6.45, 7) is 19.8. The average Bonchev–Trinajstić information content (AvgIpc) is 3.95. The molecule has 326 valence electrons. The molecule has 0 bridgehead atoms. The van der Waals surface area contributed by atoms with E-state index in [4.69, 9.17) is 0 Å². The summed E-state index contributed by atoms with van der Waals surface area (Å²) in [7, 11) is 0. The van der Waals surface area contributed by atoms with E-state index < -0.39 is 5.41 Å². The smallest absolute Gasteiger partial charge is 0.0713 e. The summed E-state index contributed by atoms with van der Waals surface area (Å²) in [5, 5.41) is 4.99. The molecule has 3 atom stereocenters. The van der Waals surface area contributed by atoms with Gasteiger partial charge in [-0.15, -0.1) is 11.3 Å². The molecule has 0 amide bonds. The summed E-state index contributed by atoms with van der Waals surface area (Å²) in [5.41, 5.74) is 17.0. The van der Waals surface area contributed by atoms with Crippen LogP contribution in [0.25, 0.3) is 47.6 Å². The summed E-state index contributed by atoms with van der Waals surface area (Å²) >= 11 is 1.91. The van der Waals surface area contributed by atoms with Crippen LogP contribution in [0.15, 0.2) is 236 Å². The quantitative estimate of drug-likeness (QED) is 0.124. The lowest BCUT2D eigenvalue weighted by atomic mass is 9.67. The fourth-order valence-corrected chi connectivity index (χ4v) is 13.4. The second-order valence-electron chi connectivity index (χ2n) is 18.8. The van der Waals surface area contributed by atoms with Gasteiger partial charge in [-0.2, -0.15) is 0 Å². The maximum Gasteiger partial charge on any atom is 0.0713 e. The first-order valence-electron chi connectivity index (χ1n) is 23.7. The molecule has 8 aromatic rings. The Bertz CT molecular complexity index is 3520. The number of benzene rings is 7. The summed E-state index contributed by atoms with van der Waals surface area (Å²) in [5.74, 6) is 0.596. The predicted molar refractivity (Wildman–Crippen MR) is 291 cm³/mol. The zero-order valence-electron chi connectivity index (χ0n) is 39.1. The number of hydrogen-bond donors (Lipinski definition) is 0. The van der Waals surface area contributed by atoms with Crippen molar-refractivity contribution in [3.63, 3.8) is 0 Å². The lowest BCUT2D eigenvalue weighted by molar-refractivity contribution is 0.546. The zero-order valence-corrected chi connectivity index (χ0v) is 39.9. The first-order valence-corrected chi connectivity index (χ1v) is 24.5. The maximum absolute atomic E-state index is 4.27. The highest BCUT2D eigenvalue weighted by atomic mass is 32.1. The molecule has 0 spiro atoms. The van der Waals surface area contributed by atoms with Crippen molar-refractivity contribution in [1.29, 1.82) is 0 Å². The molecule has 11 rings (SSSR count). The Morgan fingerprint density at radius 3 is 2.13 bits per heavy atom. The number of allylic oxidation sites excluding steroid dienone is 13. The molecule has 1 aromatic heterocycles. The summed E-state index contributed by atoms with van der Waals surface area (Å²) in [6, 6.07) is 54.8. The molecule has 1 heterocycles. The van der Waals surface area contributed by atoms with Gasteiger partial charge in [0.1, 0.15) is 0 Å². The van der Waals surface area contributed by atoms with Crippen molar-refractivity contribution in [3.8, 4) is 11.1 Å². The molecule has 67 heavy (non-hydrogen) atoms. The molecule has 0 fully saturated rings. The molecule has 1 nitrogen and oxygen atoms in total. The molecule has 7 aromatic carbocycles. The minimum Gasteiger partial charge on any atom is -0.310 e. The van der Waals surface area contributed by atoms with Gasteiger partial charge in [0.2, 0.25) is 0 Å². The number of fused-ring (bicyclic) bond motifs is 11. The van der Waals surface area contributed by atoms with Crippen molar-refractivity contribution in [2.45, 2.75) is 51.4 Å². The molecule has 0 N–H and O–H groups in total. The van der Waals surface area contributed by atoms with Crippen molar-refractivity contribution in [3.05, 3.63) is 270 Å². The van der Waals surface area contributed by atoms with Crippen LogP contribution in [0.4, 0.5) is 11.4 Å².